The van der Waals surface area contributed by atoms with E-state index in [-0.39, 0.29) is 63.4 Å². The number of H-pyrrole nitrogens is 1. The van der Waals surface area contributed by atoms with Crippen LogP contribution in [0.5, 0.6) is 0 Å². The summed E-state index contributed by atoms with van der Waals surface area (Å²) in [7, 11) is 0. The normalized spacial score (nSPS) is 14.9. The predicted octanol–water partition coefficient (Wildman–Crippen LogP) is -1.11. The maximum absolute atomic E-state index is 14.3. The molecule has 18 N–H and O–H groups in total. The highest BCUT2D eigenvalue weighted by Crippen LogP contribution is 2.14. The van der Waals surface area contributed by atoms with Crippen LogP contribution in [0.3, 0.4) is 0 Å². The SMILES string of the molecule is CCCC[C@H](NC(=O)[C@H](CCCCN)NC(=O)[C@H](C)NC(=O)[C@@H](N)Cc1cnc[nH]1)C(=O)N[C@@H](CCCN=C(N)N)C(=O)N[C@@H](CC(C)C)C(=O)N[C@H](C(=O)N[C@@H](Cc1ccccc1)C(N)=O)[C@@H](C)CC. The molecule has 9 atom stereocenters. The molecule has 0 bridgehead atoms. The molecule has 0 aliphatic heterocycles. The van der Waals surface area contributed by atoms with E-state index >= 15 is 0 Å². The summed E-state index contributed by atoms with van der Waals surface area (Å²) < 4.78 is 0. The first-order chi connectivity index (χ1) is 33.7. The van der Waals surface area contributed by atoms with Crippen LogP contribution in [0, 0.1) is 11.8 Å². The second-order valence-corrected chi connectivity index (χ2v) is 18.4. The van der Waals surface area contributed by atoms with E-state index < -0.39 is 102 Å². The largest absolute Gasteiger partial charge is 0.370 e. The van der Waals surface area contributed by atoms with Crippen molar-refractivity contribution in [2.45, 2.75) is 167 Å². The van der Waals surface area contributed by atoms with Gasteiger partial charge in [0.1, 0.15) is 42.3 Å². The van der Waals surface area contributed by atoms with Gasteiger partial charge in [0.05, 0.1) is 12.4 Å². The second-order valence-electron chi connectivity index (χ2n) is 18.4. The lowest BCUT2D eigenvalue weighted by Gasteiger charge is -2.29. The lowest BCUT2D eigenvalue weighted by molar-refractivity contribution is -0.136. The third-order valence-corrected chi connectivity index (χ3v) is 11.8. The molecular formula is C48H81N15O8. The Kier molecular flexibility index (Phi) is 27.5. The molecule has 2 rings (SSSR count). The molecule has 0 spiro atoms. The molecule has 1 heterocycles. The van der Waals surface area contributed by atoms with Gasteiger partial charge in [0, 0.05) is 31.3 Å². The summed E-state index contributed by atoms with van der Waals surface area (Å²) in [4.78, 5) is 120. The highest BCUT2D eigenvalue weighted by molar-refractivity contribution is 5.97. The maximum atomic E-state index is 14.3. The first kappa shape index (κ1) is 60.5. The van der Waals surface area contributed by atoms with E-state index in [1.807, 2.05) is 33.8 Å². The Morgan fingerprint density at radius 3 is 1.70 bits per heavy atom. The van der Waals surface area contributed by atoms with Gasteiger partial charge in [0.2, 0.25) is 47.3 Å². The predicted molar refractivity (Wildman–Crippen MR) is 270 cm³/mol. The number of primary amides is 1. The standard InChI is InChI=1S/C48H81N15O8/c1-7-9-18-34(59-44(68)35(19-13-14-21-49)58-41(65)30(6)57-42(66)33(50)25-32-26-54-27-56-32)43(67)60-36(20-15-22-55-48(52)53)45(69)62-38(23-28(3)4)46(70)63-39(29(5)8-2)47(71)61-37(40(51)64)24-31-16-11-10-12-17-31/h10-12,16-17,26-30,33-39H,7-9,13-15,18-25,49-50H2,1-6H3,(H2,51,64)(H,54,56)(H,57,66)(H,58,65)(H,59,68)(H,60,67)(H,61,71)(H,62,69)(H,63,70)(H4,52,53,55)/t29-,30-,33-,34-,35-,36-,37-,38-,39-/m0/s1. The summed E-state index contributed by atoms with van der Waals surface area (Å²) in [5.41, 5.74) is 30.0. The Labute approximate surface area is 417 Å². The van der Waals surface area contributed by atoms with Crippen LogP contribution in [0.25, 0.3) is 0 Å². The van der Waals surface area contributed by atoms with Gasteiger partial charge < -0.3 is 70.9 Å². The molecule has 0 saturated heterocycles. The van der Waals surface area contributed by atoms with Crippen LogP contribution in [-0.4, -0.2) is 125 Å². The summed E-state index contributed by atoms with van der Waals surface area (Å²) in [6, 6.07) is 0.0170. The van der Waals surface area contributed by atoms with Crippen LogP contribution >= 0.6 is 0 Å². The highest BCUT2D eigenvalue weighted by Gasteiger charge is 2.35. The van der Waals surface area contributed by atoms with Crippen LogP contribution < -0.4 is 65.9 Å². The smallest absolute Gasteiger partial charge is 0.243 e. The average molecular weight is 996 g/mol. The monoisotopic (exact) mass is 996 g/mol. The summed E-state index contributed by atoms with van der Waals surface area (Å²) in [6.07, 6.45) is 6.58. The van der Waals surface area contributed by atoms with Crippen LogP contribution in [0.4, 0.5) is 0 Å². The summed E-state index contributed by atoms with van der Waals surface area (Å²) in [5, 5.41) is 19.1. The van der Waals surface area contributed by atoms with Crippen molar-refractivity contribution in [2.75, 3.05) is 13.1 Å². The third kappa shape index (κ3) is 22.8. The van der Waals surface area contributed by atoms with E-state index in [1.165, 1.54) is 19.4 Å². The van der Waals surface area contributed by atoms with E-state index in [0.29, 0.717) is 44.3 Å². The zero-order chi connectivity index (χ0) is 53.0. The van der Waals surface area contributed by atoms with Crippen LogP contribution in [-0.2, 0) is 51.2 Å². The van der Waals surface area contributed by atoms with Gasteiger partial charge in [-0.05, 0) is 75.8 Å². The number of benzene rings is 1. The second kappa shape index (κ2) is 32.3. The van der Waals surface area contributed by atoms with Crippen LogP contribution in [0.1, 0.15) is 117 Å². The number of rotatable bonds is 34. The molecule has 0 saturated carbocycles. The van der Waals surface area contributed by atoms with Gasteiger partial charge in [-0.25, -0.2) is 4.98 Å². The molecule has 0 radical (unpaired) electrons. The molecule has 23 heteroatoms. The third-order valence-electron chi connectivity index (χ3n) is 11.8. The van der Waals surface area contributed by atoms with Crippen molar-refractivity contribution < 1.29 is 38.4 Å². The summed E-state index contributed by atoms with van der Waals surface area (Å²) >= 11 is 0. The molecule has 1 aromatic heterocycles. The average Bonchev–Trinajstić information content (AvgIpc) is 3.84. The van der Waals surface area contributed by atoms with Crippen molar-refractivity contribution in [3.63, 3.8) is 0 Å². The number of imidazole rings is 1. The fourth-order valence-electron chi connectivity index (χ4n) is 7.43. The molecule has 8 amide bonds. The first-order valence-corrected chi connectivity index (χ1v) is 24.6. The Morgan fingerprint density at radius 1 is 0.634 bits per heavy atom. The Hall–Kier alpha value is -6.62. The Balaban J connectivity index is 2.35. The van der Waals surface area contributed by atoms with Crippen molar-refractivity contribution in [3.05, 3.63) is 54.1 Å². The van der Waals surface area contributed by atoms with Gasteiger partial charge in [-0.3, -0.25) is 43.3 Å². The van der Waals surface area contributed by atoms with Gasteiger partial charge >= 0.3 is 0 Å². The number of carbonyl (C=O) groups excluding carboxylic acids is 8. The van der Waals surface area contributed by atoms with E-state index in [0.717, 1.165) is 5.56 Å². The van der Waals surface area contributed by atoms with Gasteiger partial charge in [0.15, 0.2) is 5.96 Å². The van der Waals surface area contributed by atoms with Crippen molar-refractivity contribution >= 4 is 53.2 Å². The number of guanidine groups is 1. The molecule has 396 valence electrons. The fourth-order valence-corrected chi connectivity index (χ4v) is 7.43. The van der Waals surface area contributed by atoms with Crippen molar-refractivity contribution in [1.29, 1.82) is 0 Å². The molecule has 23 nitrogen and oxygen atoms in total. The minimum absolute atomic E-state index is 0.0135. The molecule has 0 fully saturated rings. The van der Waals surface area contributed by atoms with E-state index in [2.05, 4.69) is 52.2 Å². The quantitative estimate of drug-likeness (QED) is 0.0225. The lowest BCUT2D eigenvalue weighted by atomic mass is 9.95. The Morgan fingerprint density at radius 2 is 1.18 bits per heavy atom. The molecule has 0 unspecified atom stereocenters. The first-order valence-electron chi connectivity index (χ1n) is 24.6. The number of hydrogen-bond donors (Lipinski definition) is 13. The Bertz CT molecular complexity index is 2020. The van der Waals surface area contributed by atoms with Crippen molar-refractivity contribution in [3.8, 4) is 0 Å². The summed E-state index contributed by atoms with van der Waals surface area (Å²) in [6.45, 7) is 11.1. The zero-order valence-electron chi connectivity index (χ0n) is 42.3. The van der Waals surface area contributed by atoms with Crippen molar-refractivity contribution in [2.24, 2.45) is 45.5 Å². The number of nitrogens with two attached hydrogens (primary N) is 5. The van der Waals surface area contributed by atoms with Crippen LogP contribution in [0.2, 0.25) is 0 Å². The van der Waals surface area contributed by atoms with Crippen LogP contribution in [0.15, 0.2) is 47.8 Å². The topological polar surface area (TPSA) is 392 Å². The number of unbranched alkanes of at least 4 members (excludes halogenated alkanes) is 2. The minimum atomic E-state index is -1.26. The number of hydrogen-bond acceptors (Lipinski definition) is 12. The zero-order valence-corrected chi connectivity index (χ0v) is 42.3. The van der Waals surface area contributed by atoms with E-state index in [9.17, 15) is 38.4 Å². The number of aliphatic imine (C=N–C) groups is 1. The number of carbonyl (C=O) groups is 8. The maximum Gasteiger partial charge on any atom is 0.243 e. The molecular weight excluding hydrogens is 915 g/mol. The lowest BCUT2D eigenvalue weighted by Crippen LogP contribution is -2.61. The highest BCUT2D eigenvalue weighted by atomic mass is 16.2. The summed E-state index contributed by atoms with van der Waals surface area (Å²) in [5.74, 6) is -6.12. The van der Waals surface area contributed by atoms with Gasteiger partial charge in [-0.1, -0.05) is 84.2 Å². The van der Waals surface area contributed by atoms with Crippen molar-refractivity contribution in [1.82, 2.24) is 47.2 Å². The minimum Gasteiger partial charge on any atom is -0.370 e. The van der Waals surface area contributed by atoms with E-state index in [4.69, 9.17) is 28.7 Å². The van der Waals surface area contributed by atoms with Gasteiger partial charge in [0.25, 0.3) is 0 Å². The van der Waals surface area contributed by atoms with E-state index in [1.54, 1.807) is 31.2 Å². The molecule has 71 heavy (non-hydrogen) atoms. The number of nitrogens with zero attached hydrogens (tertiary/aromatic N) is 2. The number of aromatic amines is 1. The fraction of sp³-hybridized carbons (Fsp3) is 0.625. The number of nitrogens with one attached hydrogen (secondary N) is 8. The van der Waals surface area contributed by atoms with Gasteiger partial charge in [-0.15, -0.1) is 0 Å². The molecule has 1 aromatic carbocycles. The molecule has 2 aromatic rings. The number of amides is 8. The molecule has 0 aliphatic rings. The van der Waals surface area contributed by atoms with Gasteiger partial charge in [-0.2, -0.15) is 0 Å². The molecule has 0 aliphatic carbocycles. The number of aromatic nitrogens is 2.